The smallest absolute Gasteiger partial charge is 0.238 e. The normalized spacial score (nSPS) is 19.4. The minimum atomic E-state index is -0.314. The number of hydrazine groups is 1. The predicted molar refractivity (Wildman–Crippen MR) is 56.5 cm³/mol. The Morgan fingerprint density at radius 2 is 2.14 bits per heavy atom. The van der Waals surface area contributed by atoms with Gasteiger partial charge in [-0.3, -0.25) is 9.80 Å². The highest BCUT2D eigenvalue weighted by atomic mass is 16.2. The lowest BCUT2D eigenvalue weighted by molar-refractivity contribution is -0.139. The van der Waals surface area contributed by atoms with Gasteiger partial charge in [0, 0.05) is 25.0 Å². The zero-order valence-corrected chi connectivity index (χ0v) is 9.42. The summed E-state index contributed by atoms with van der Waals surface area (Å²) < 4.78 is 0. The van der Waals surface area contributed by atoms with Crippen LogP contribution >= 0.6 is 0 Å². The average Bonchev–Trinajstić information content (AvgIpc) is 2.34. The Balaban J connectivity index is 2.58. The van der Waals surface area contributed by atoms with Crippen molar-refractivity contribution >= 4 is 5.91 Å². The van der Waals surface area contributed by atoms with Crippen molar-refractivity contribution in [1.29, 1.82) is 0 Å². The summed E-state index contributed by atoms with van der Waals surface area (Å²) in [6.07, 6.45) is 1.70. The van der Waals surface area contributed by atoms with Crippen LogP contribution in [0.25, 0.3) is 0 Å². The molecular formula is C10H21N3O. The van der Waals surface area contributed by atoms with Gasteiger partial charge in [0.2, 0.25) is 5.91 Å². The molecule has 4 heteroatoms. The highest BCUT2D eigenvalue weighted by Crippen LogP contribution is 2.15. The fourth-order valence-electron chi connectivity index (χ4n) is 1.70. The van der Waals surface area contributed by atoms with Gasteiger partial charge in [0.05, 0.1) is 6.54 Å². The van der Waals surface area contributed by atoms with Gasteiger partial charge < -0.3 is 5.73 Å². The zero-order chi connectivity index (χ0) is 10.8. The number of carbonyl (C=O) groups excluding carboxylic acids is 1. The molecular weight excluding hydrogens is 178 g/mol. The molecule has 0 aromatic heterocycles. The monoisotopic (exact) mass is 199 g/mol. The molecule has 1 fully saturated rings. The van der Waals surface area contributed by atoms with E-state index >= 15 is 0 Å². The summed E-state index contributed by atoms with van der Waals surface area (Å²) in [6, 6.07) is 0. The van der Waals surface area contributed by atoms with Gasteiger partial charge >= 0.3 is 0 Å². The highest BCUT2D eigenvalue weighted by Gasteiger charge is 2.31. The van der Waals surface area contributed by atoms with Crippen LogP contribution in [0.4, 0.5) is 0 Å². The molecule has 0 saturated carbocycles. The molecule has 2 N–H and O–H groups in total. The third kappa shape index (κ3) is 2.96. The third-order valence-electron chi connectivity index (χ3n) is 2.25. The first kappa shape index (κ1) is 11.5. The molecule has 1 aliphatic rings. The second-order valence-electron chi connectivity index (χ2n) is 4.64. The second kappa shape index (κ2) is 4.28. The van der Waals surface area contributed by atoms with E-state index in [-0.39, 0.29) is 11.4 Å². The van der Waals surface area contributed by atoms with Gasteiger partial charge in [0.15, 0.2) is 0 Å². The standard InChI is InChI=1S/C10H21N3O/c1-4-6-12-7-5-9(14)13(12)8-10(2,3)11/h4-8,11H2,1-3H3. The fraction of sp³-hybridized carbons (Fsp3) is 0.900. The summed E-state index contributed by atoms with van der Waals surface area (Å²) in [5.41, 5.74) is 5.60. The van der Waals surface area contributed by atoms with Crippen molar-refractivity contribution in [3.05, 3.63) is 0 Å². The summed E-state index contributed by atoms with van der Waals surface area (Å²) in [7, 11) is 0. The first-order valence-corrected chi connectivity index (χ1v) is 5.28. The summed E-state index contributed by atoms with van der Waals surface area (Å²) in [4.78, 5) is 11.6. The Morgan fingerprint density at radius 3 is 2.64 bits per heavy atom. The molecule has 0 unspecified atom stereocenters. The van der Waals surface area contributed by atoms with E-state index in [1.165, 1.54) is 0 Å². The van der Waals surface area contributed by atoms with Crippen LogP contribution in [0.2, 0.25) is 0 Å². The number of nitrogens with zero attached hydrogens (tertiary/aromatic N) is 2. The minimum Gasteiger partial charge on any atom is -0.324 e. The van der Waals surface area contributed by atoms with Gasteiger partial charge in [-0.05, 0) is 20.3 Å². The Kier molecular flexibility index (Phi) is 3.50. The fourth-order valence-corrected chi connectivity index (χ4v) is 1.70. The van der Waals surface area contributed by atoms with Crippen LogP contribution in [0.15, 0.2) is 0 Å². The Hall–Kier alpha value is -0.610. The number of nitrogens with two attached hydrogens (primary N) is 1. The molecule has 1 heterocycles. The second-order valence-corrected chi connectivity index (χ2v) is 4.64. The molecule has 0 radical (unpaired) electrons. The molecule has 1 aliphatic heterocycles. The maximum Gasteiger partial charge on any atom is 0.238 e. The molecule has 4 nitrogen and oxygen atoms in total. The van der Waals surface area contributed by atoms with E-state index in [4.69, 9.17) is 5.73 Å². The van der Waals surface area contributed by atoms with Crippen molar-refractivity contribution in [1.82, 2.24) is 10.0 Å². The van der Waals surface area contributed by atoms with Crippen molar-refractivity contribution in [2.45, 2.75) is 39.2 Å². The van der Waals surface area contributed by atoms with Crippen molar-refractivity contribution in [2.24, 2.45) is 5.73 Å². The SMILES string of the molecule is CCCN1CCC(=O)N1CC(C)(C)N. The quantitative estimate of drug-likeness (QED) is 0.720. The third-order valence-corrected chi connectivity index (χ3v) is 2.25. The van der Waals surface area contributed by atoms with E-state index in [2.05, 4.69) is 11.9 Å². The summed E-state index contributed by atoms with van der Waals surface area (Å²) in [5, 5.41) is 3.92. The summed E-state index contributed by atoms with van der Waals surface area (Å²) >= 11 is 0. The van der Waals surface area contributed by atoms with E-state index in [0.717, 1.165) is 19.5 Å². The number of amides is 1. The number of hydrogen-bond donors (Lipinski definition) is 1. The van der Waals surface area contributed by atoms with Gasteiger partial charge in [-0.25, -0.2) is 5.01 Å². The molecule has 14 heavy (non-hydrogen) atoms. The molecule has 0 atom stereocenters. The maximum absolute atomic E-state index is 11.6. The van der Waals surface area contributed by atoms with E-state index in [0.29, 0.717) is 13.0 Å². The zero-order valence-electron chi connectivity index (χ0n) is 9.42. The molecule has 0 aromatic carbocycles. The first-order valence-electron chi connectivity index (χ1n) is 5.28. The number of carbonyl (C=O) groups is 1. The molecule has 82 valence electrons. The lowest BCUT2D eigenvalue weighted by atomic mass is 10.1. The van der Waals surface area contributed by atoms with Crippen LogP contribution in [0, 0.1) is 0 Å². The largest absolute Gasteiger partial charge is 0.324 e. The molecule has 1 rings (SSSR count). The van der Waals surface area contributed by atoms with Gasteiger partial charge in [-0.1, -0.05) is 6.92 Å². The van der Waals surface area contributed by atoms with E-state index in [1.54, 1.807) is 0 Å². The molecule has 1 saturated heterocycles. The predicted octanol–water partition coefficient (Wildman–Crippen LogP) is 0.583. The Bertz CT molecular complexity index is 210. The van der Waals surface area contributed by atoms with Crippen molar-refractivity contribution in [3.8, 4) is 0 Å². The summed E-state index contributed by atoms with van der Waals surface area (Å²) in [6.45, 7) is 8.43. The molecule has 0 spiro atoms. The highest BCUT2D eigenvalue weighted by molar-refractivity contribution is 5.77. The van der Waals surface area contributed by atoms with Crippen LogP contribution in [-0.4, -0.2) is 41.1 Å². The first-order chi connectivity index (χ1) is 6.44. The van der Waals surface area contributed by atoms with Gasteiger partial charge in [0.1, 0.15) is 0 Å². The van der Waals surface area contributed by atoms with Crippen molar-refractivity contribution in [2.75, 3.05) is 19.6 Å². The Labute approximate surface area is 86.0 Å². The van der Waals surface area contributed by atoms with Crippen LogP contribution in [-0.2, 0) is 4.79 Å². The number of hydrogen-bond acceptors (Lipinski definition) is 3. The topological polar surface area (TPSA) is 49.6 Å². The molecule has 0 bridgehead atoms. The lowest BCUT2D eigenvalue weighted by Gasteiger charge is -2.33. The molecule has 0 aromatic rings. The lowest BCUT2D eigenvalue weighted by Crippen LogP contribution is -2.51. The van der Waals surface area contributed by atoms with Gasteiger partial charge in [-0.2, -0.15) is 0 Å². The van der Waals surface area contributed by atoms with Crippen LogP contribution < -0.4 is 5.73 Å². The van der Waals surface area contributed by atoms with Gasteiger partial charge in [-0.15, -0.1) is 0 Å². The average molecular weight is 199 g/mol. The van der Waals surface area contributed by atoms with Crippen LogP contribution in [0.3, 0.4) is 0 Å². The summed E-state index contributed by atoms with van der Waals surface area (Å²) in [5.74, 6) is 0.206. The maximum atomic E-state index is 11.6. The number of rotatable bonds is 4. The Morgan fingerprint density at radius 1 is 1.50 bits per heavy atom. The van der Waals surface area contributed by atoms with E-state index < -0.39 is 0 Å². The van der Waals surface area contributed by atoms with Crippen molar-refractivity contribution < 1.29 is 4.79 Å². The minimum absolute atomic E-state index is 0.206. The van der Waals surface area contributed by atoms with E-state index in [1.807, 2.05) is 18.9 Å². The van der Waals surface area contributed by atoms with Crippen molar-refractivity contribution in [3.63, 3.8) is 0 Å². The van der Waals surface area contributed by atoms with E-state index in [9.17, 15) is 4.79 Å². The molecule has 1 amide bonds. The van der Waals surface area contributed by atoms with Crippen LogP contribution in [0.5, 0.6) is 0 Å². The van der Waals surface area contributed by atoms with Crippen LogP contribution in [0.1, 0.15) is 33.6 Å². The molecule has 0 aliphatic carbocycles. The van der Waals surface area contributed by atoms with Gasteiger partial charge in [0.25, 0.3) is 0 Å².